The van der Waals surface area contributed by atoms with Gasteiger partial charge in [0.15, 0.2) is 0 Å². The van der Waals surface area contributed by atoms with Crippen molar-refractivity contribution in [2.24, 2.45) is 5.92 Å². The maximum Gasteiger partial charge on any atom is 0.247 e. The summed E-state index contributed by atoms with van der Waals surface area (Å²) in [6.07, 6.45) is 8.73. The molecule has 1 aromatic rings. The van der Waals surface area contributed by atoms with Crippen LogP contribution in [0.3, 0.4) is 0 Å². The lowest BCUT2D eigenvalue weighted by atomic mass is 9.90. The molecule has 2 atom stereocenters. The minimum Gasteiger partial charge on any atom is -0.428 e. The number of carbonyl (C=O) groups is 2. The quantitative estimate of drug-likeness (QED) is 0.764. The molecule has 2 unspecified atom stereocenters. The second-order valence-electron chi connectivity index (χ2n) is 8.10. The van der Waals surface area contributed by atoms with E-state index in [1.54, 1.807) is 0 Å². The number of nitrogens with one attached hydrogen (secondary N) is 1. The Labute approximate surface area is 166 Å². The van der Waals surface area contributed by atoms with E-state index in [0.717, 1.165) is 12.8 Å². The Morgan fingerprint density at radius 2 is 1.96 bits per heavy atom. The normalized spacial score (nSPS) is 21.3. The van der Waals surface area contributed by atoms with Crippen LogP contribution < -0.4 is 5.32 Å². The first kappa shape index (κ1) is 20.8. The SMILES string of the molecule is CC(=O)NC(C(=O)N1CCC(c2nnco2)CC1)C(C)OCC1CCCCC1. The lowest BCUT2D eigenvalue weighted by Crippen LogP contribution is -2.55. The molecule has 1 saturated carbocycles. The first-order valence-electron chi connectivity index (χ1n) is 10.5. The molecule has 3 rings (SSSR count). The van der Waals surface area contributed by atoms with Gasteiger partial charge in [-0.05, 0) is 38.5 Å². The van der Waals surface area contributed by atoms with Gasteiger partial charge in [0.05, 0.1) is 6.10 Å². The van der Waals surface area contributed by atoms with Crippen LogP contribution in [0.2, 0.25) is 0 Å². The summed E-state index contributed by atoms with van der Waals surface area (Å²) in [6, 6.07) is -0.652. The van der Waals surface area contributed by atoms with E-state index in [-0.39, 0.29) is 23.8 Å². The van der Waals surface area contributed by atoms with Crippen LogP contribution in [0.25, 0.3) is 0 Å². The molecule has 0 bridgehead atoms. The minimum absolute atomic E-state index is 0.0738. The lowest BCUT2D eigenvalue weighted by molar-refractivity contribution is -0.141. The fourth-order valence-corrected chi connectivity index (χ4v) is 4.24. The van der Waals surface area contributed by atoms with Crippen LogP contribution in [-0.4, -0.2) is 58.8 Å². The molecule has 8 heteroatoms. The molecule has 2 aliphatic rings. The Morgan fingerprint density at radius 3 is 2.57 bits per heavy atom. The number of aromatic nitrogens is 2. The number of nitrogens with zero attached hydrogens (tertiary/aromatic N) is 3. The molecule has 1 N–H and O–H groups in total. The Balaban J connectivity index is 1.54. The van der Waals surface area contributed by atoms with E-state index in [4.69, 9.17) is 9.15 Å². The van der Waals surface area contributed by atoms with Crippen molar-refractivity contribution in [1.82, 2.24) is 20.4 Å². The number of hydrogen-bond acceptors (Lipinski definition) is 6. The Hall–Kier alpha value is -1.96. The van der Waals surface area contributed by atoms with Gasteiger partial charge in [0.1, 0.15) is 6.04 Å². The summed E-state index contributed by atoms with van der Waals surface area (Å²) in [5.74, 6) is 1.09. The molecule has 2 fully saturated rings. The molecule has 1 aliphatic heterocycles. The summed E-state index contributed by atoms with van der Waals surface area (Å²) >= 11 is 0. The van der Waals surface area contributed by atoms with Crippen LogP contribution in [0, 0.1) is 5.92 Å². The molecule has 1 aliphatic carbocycles. The van der Waals surface area contributed by atoms with Gasteiger partial charge in [0.25, 0.3) is 0 Å². The molecule has 0 aromatic carbocycles. The third-order valence-electron chi connectivity index (χ3n) is 5.95. The van der Waals surface area contributed by atoms with Crippen molar-refractivity contribution in [2.45, 2.75) is 76.9 Å². The molecule has 156 valence electrons. The van der Waals surface area contributed by atoms with Gasteiger partial charge in [0, 0.05) is 32.5 Å². The van der Waals surface area contributed by atoms with E-state index in [1.165, 1.54) is 45.4 Å². The van der Waals surface area contributed by atoms with Gasteiger partial charge in [-0.2, -0.15) is 0 Å². The van der Waals surface area contributed by atoms with Gasteiger partial charge in [-0.3, -0.25) is 9.59 Å². The number of hydrogen-bond donors (Lipinski definition) is 1. The van der Waals surface area contributed by atoms with Gasteiger partial charge < -0.3 is 19.4 Å². The summed E-state index contributed by atoms with van der Waals surface area (Å²) in [5, 5.41) is 10.5. The molecule has 28 heavy (non-hydrogen) atoms. The zero-order chi connectivity index (χ0) is 19.9. The zero-order valence-electron chi connectivity index (χ0n) is 16.9. The molecule has 1 aromatic heterocycles. The molecule has 0 spiro atoms. The van der Waals surface area contributed by atoms with Crippen molar-refractivity contribution < 1.29 is 18.7 Å². The number of amides is 2. The van der Waals surface area contributed by atoms with Crippen LogP contribution in [-0.2, 0) is 14.3 Å². The number of carbonyl (C=O) groups excluding carboxylic acids is 2. The van der Waals surface area contributed by atoms with Crippen LogP contribution in [0.5, 0.6) is 0 Å². The fourth-order valence-electron chi connectivity index (χ4n) is 4.24. The number of likely N-dealkylation sites (tertiary alicyclic amines) is 1. The van der Waals surface area contributed by atoms with Gasteiger partial charge >= 0.3 is 0 Å². The summed E-state index contributed by atoms with van der Waals surface area (Å²) in [7, 11) is 0. The average molecular weight is 393 g/mol. The predicted octanol–water partition coefficient (Wildman–Crippen LogP) is 2.27. The molecule has 8 nitrogen and oxygen atoms in total. The summed E-state index contributed by atoms with van der Waals surface area (Å²) in [4.78, 5) is 26.6. The van der Waals surface area contributed by atoms with Gasteiger partial charge in [-0.1, -0.05) is 19.3 Å². The lowest BCUT2D eigenvalue weighted by Gasteiger charge is -2.35. The first-order chi connectivity index (χ1) is 13.5. The summed E-state index contributed by atoms with van der Waals surface area (Å²) in [6.45, 7) is 5.20. The van der Waals surface area contributed by atoms with Gasteiger partial charge in [-0.15, -0.1) is 10.2 Å². The number of ether oxygens (including phenoxy) is 1. The van der Waals surface area contributed by atoms with Gasteiger partial charge in [-0.25, -0.2) is 0 Å². The maximum absolute atomic E-state index is 13.1. The Morgan fingerprint density at radius 1 is 1.25 bits per heavy atom. The minimum atomic E-state index is -0.652. The molecule has 0 radical (unpaired) electrons. The van der Waals surface area contributed by atoms with E-state index >= 15 is 0 Å². The van der Waals surface area contributed by atoms with Crippen molar-refractivity contribution in [3.8, 4) is 0 Å². The van der Waals surface area contributed by atoms with Crippen LogP contribution in [0.15, 0.2) is 10.8 Å². The molecular weight excluding hydrogens is 360 g/mol. The smallest absolute Gasteiger partial charge is 0.247 e. The van der Waals surface area contributed by atoms with E-state index in [2.05, 4.69) is 15.5 Å². The Bertz CT molecular complexity index is 622. The monoisotopic (exact) mass is 392 g/mol. The first-order valence-corrected chi connectivity index (χ1v) is 10.5. The standard InChI is InChI=1S/C20H32N4O4/c1-14(27-12-16-6-4-3-5-7-16)18(22-15(2)25)20(26)24-10-8-17(9-11-24)19-23-21-13-28-19/h13-14,16-18H,3-12H2,1-2H3,(H,22,25). The maximum atomic E-state index is 13.1. The third-order valence-corrected chi connectivity index (χ3v) is 5.95. The van der Waals surface area contributed by atoms with Crippen molar-refractivity contribution in [3.05, 3.63) is 12.3 Å². The van der Waals surface area contributed by atoms with Crippen molar-refractivity contribution in [1.29, 1.82) is 0 Å². The third kappa shape index (κ3) is 5.53. The molecule has 2 heterocycles. The summed E-state index contributed by atoms with van der Waals surface area (Å²) < 4.78 is 11.3. The van der Waals surface area contributed by atoms with Crippen LogP contribution in [0.4, 0.5) is 0 Å². The molecule has 2 amide bonds. The summed E-state index contributed by atoms with van der Waals surface area (Å²) in [5.41, 5.74) is 0. The highest BCUT2D eigenvalue weighted by Gasteiger charge is 2.34. The molecule has 1 saturated heterocycles. The second kappa shape index (κ2) is 10.0. The van der Waals surface area contributed by atoms with Crippen LogP contribution in [0.1, 0.15) is 70.6 Å². The molecular formula is C20H32N4O4. The van der Waals surface area contributed by atoms with Crippen molar-refractivity contribution >= 4 is 11.8 Å². The fraction of sp³-hybridized carbons (Fsp3) is 0.800. The van der Waals surface area contributed by atoms with Crippen molar-refractivity contribution in [3.63, 3.8) is 0 Å². The Kier molecular flexibility index (Phi) is 7.42. The van der Waals surface area contributed by atoms with E-state index < -0.39 is 6.04 Å². The van der Waals surface area contributed by atoms with E-state index in [9.17, 15) is 9.59 Å². The van der Waals surface area contributed by atoms with Gasteiger partial charge in [0.2, 0.25) is 24.1 Å². The number of piperidine rings is 1. The number of rotatable bonds is 7. The highest BCUT2D eigenvalue weighted by atomic mass is 16.5. The topological polar surface area (TPSA) is 97.6 Å². The zero-order valence-corrected chi connectivity index (χ0v) is 16.9. The highest BCUT2D eigenvalue weighted by molar-refractivity contribution is 5.87. The largest absolute Gasteiger partial charge is 0.428 e. The predicted molar refractivity (Wildman–Crippen MR) is 102 cm³/mol. The average Bonchev–Trinajstić information content (AvgIpc) is 3.25. The van der Waals surface area contributed by atoms with Crippen LogP contribution >= 0.6 is 0 Å². The van der Waals surface area contributed by atoms with E-state index in [0.29, 0.717) is 31.5 Å². The van der Waals surface area contributed by atoms with E-state index in [1.807, 2.05) is 11.8 Å². The second-order valence-corrected chi connectivity index (χ2v) is 8.10. The highest BCUT2D eigenvalue weighted by Crippen LogP contribution is 2.27. The van der Waals surface area contributed by atoms with Crippen molar-refractivity contribution in [2.75, 3.05) is 19.7 Å².